The fourth-order valence-corrected chi connectivity index (χ4v) is 4.75. The van der Waals surface area contributed by atoms with Crippen molar-refractivity contribution in [1.29, 1.82) is 0 Å². The first-order chi connectivity index (χ1) is 15.3. The molecule has 1 heterocycles. The first-order valence-electron chi connectivity index (χ1n) is 11.0. The molecule has 0 aromatic heterocycles. The number of morpholine rings is 1. The Balaban J connectivity index is 1.47. The number of sulfonamides is 1. The predicted molar refractivity (Wildman–Crippen MR) is 127 cm³/mol. The summed E-state index contributed by atoms with van der Waals surface area (Å²) in [6.07, 6.45) is 1.91. The molecule has 1 N–H and O–H groups in total. The van der Waals surface area contributed by atoms with Crippen LogP contribution in [0.2, 0.25) is 0 Å². The monoisotopic (exact) mass is 459 g/mol. The van der Waals surface area contributed by atoms with Gasteiger partial charge in [-0.25, -0.2) is 8.42 Å². The van der Waals surface area contributed by atoms with Crippen molar-refractivity contribution in [3.8, 4) is 0 Å². The molecule has 8 heteroatoms. The SMILES string of the molecule is Cc1cccc(N(CCCC(=O)NCc2cccc(CN3CCOCC3)c2)S(C)(=O)=O)c1. The number of ether oxygens (including phenoxy) is 1. The van der Waals surface area contributed by atoms with Crippen LogP contribution >= 0.6 is 0 Å². The highest BCUT2D eigenvalue weighted by atomic mass is 32.2. The molecule has 0 saturated carbocycles. The second-order valence-electron chi connectivity index (χ2n) is 8.26. The Bertz CT molecular complexity index is 1000. The summed E-state index contributed by atoms with van der Waals surface area (Å²) in [5.41, 5.74) is 3.90. The molecule has 0 unspecified atom stereocenters. The number of rotatable bonds is 10. The van der Waals surface area contributed by atoms with Crippen LogP contribution in [-0.4, -0.2) is 58.3 Å². The maximum absolute atomic E-state index is 12.3. The first kappa shape index (κ1) is 24.2. The number of amides is 1. The van der Waals surface area contributed by atoms with E-state index >= 15 is 0 Å². The van der Waals surface area contributed by atoms with Gasteiger partial charge in [0.1, 0.15) is 0 Å². The molecule has 2 aromatic rings. The van der Waals surface area contributed by atoms with Gasteiger partial charge in [0.15, 0.2) is 0 Å². The summed E-state index contributed by atoms with van der Waals surface area (Å²) in [6, 6.07) is 15.6. The lowest BCUT2D eigenvalue weighted by Gasteiger charge is -2.26. The predicted octanol–water partition coefficient (Wildman–Crippen LogP) is 2.69. The highest BCUT2D eigenvalue weighted by Crippen LogP contribution is 2.19. The van der Waals surface area contributed by atoms with E-state index in [0.717, 1.165) is 44.0 Å². The number of aryl methyl sites for hydroxylation is 1. The van der Waals surface area contributed by atoms with Gasteiger partial charge in [0.05, 0.1) is 25.2 Å². The number of anilines is 1. The molecule has 1 amide bonds. The average molecular weight is 460 g/mol. The second kappa shape index (κ2) is 11.4. The molecule has 7 nitrogen and oxygen atoms in total. The summed E-state index contributed by atoms with van der Waals surface area (Å²) >= 11 is 0. The molecule has 1 saturated heterocycles. The zero-order chi connectivity index (χ0) is 23.0. The van der Waals surface area contributed by atoms with E-state index in [0.29, 0.717) is 18.7 Å². The van der Waals surface area contributed by atoms with Gasteiger partial charge >= 0.3 is 0 Å². The van der Waals surface area contributed by atoms with Gasteiger partial charge in [-0.05, 0) is 42.2 Å². The maximum atomic E-state index is 12.3. The Labute approximate surface area is 191 Å². The van der Waals surface area contributed by atoms with Crippen LogP contribution in [-0.2, 0) is 32.6 Å². The van der Waals surface area contributed by atoms with Crippen molar-refractivity contribution in [2.24, 2.45) is 0 Å². The minimum atomic E-state index is -3.42. The molecular weight excluding hydrogens is 426 g/mol. The molecule has 174 valence electrons. The topological polar surface area (TPSA) is 79.0 Å². The lowest BCUT2D eigenvalue weighted by atomic mass is 10.1. The molecular formula is C24H33N3O4S. The van der Waals surface area contributed by atoms with E-state index in [-0.39, 0.29) is 18.9 Å². The van der Waals surface area contributed by atoms with E-state index < -0.39 is 10.0 Å². The summed E-state index contributed by atoms with van der Waals surface area (Å²) in [7, 11) is -3.42. The van der Waals surface area contributed by atoms with Crippen LogP contribution in [0.1, 0.15) is 29.5 Å². The third kappa shape index (κ3) is 7.62. The van der Waals surface area contributed by atoms with E-state index in [1.54, 1.807) is 6.07 Å². The van der Waals surface area contributed by atoms with Gasteiger partial charge in [0.25, 0.3) is 0 Å². The highest BCUT2D eigenvalue weighted by molar-refractivity contribution is 7.92. The zero-order valence-corrected chi connectivity index (χ0v) is 19.7. The highest BCUT2D eigenvalue weighted by Gasteiger charge is 2.17. The standard InChI is InChI=1S/C24H33N3O4S/c1-20-6-3-9-23(16-20)27(32(2,29)30)11-5-10-24(28)25-18-21-7-4-8-22(17-21)19-26-12-14-31-15-13-26/h3-4,6-9,16-17H,5,10-15,18-19H2,1-2H3,(H,25,28). The Kier molecular flexibility index (Phi) is 8.67. The first-order valence-corrected chi connectivity index (χ1v) is 12.8. The molecule has 2 aromatic carbocycles. The number of benzene rings is 2. The van der Waals surface area contributed by atoms with Crippen LogP contribution in [0.15, 0.2) is 48.5 Å². The number of nitrogens with zero attached hydrogens (tertiary/aromatic N) is 2. The van der Waals surface area contributed by atoms with Crippen LogP contribution < -0.4 is 9.62 Å². The molecule has 0 atom stereocenters. The third-order valence-corrected chi connectivity index (χ3v) is 6.64. The van der Waals surface area contributed by atoms with E-state index in [4.69, 9.17) is 4.74 Å². The summed E-state index contributed by atoms with van der Waals surface area (Å²) in [5, 5.41) is 2.95. The van der Waals surface area contributed by atoms with Gasteiger partial charge in [-0.15, -0.1) is 0 Å². The molecule has 0 spiro atoms. The van der Waals surface area contributed by atoms with Crippen molar-refractivity contribution in [3.05, 3.63) is 65.2 Å². The molecule has 1 aliphatic heterocycles. The molecule has 0 radical (unpaired) electrons. The van der Waals surface area contributed by atoms with Crippen molar-refractivity contribution in [2.75, 3.05) is 43.4 Å². The smallest absolute Gasteiger partial charge is 0.232 e. The summed E-state index contributed by atoms with van der Waals surface area (Å²) in [5.74, 6) is -0.0822. The number of nitrogens with one attached hydrogen (secondary N) is 1. The zero-order valence-electron chi connectivity index (χ0n) is 18.9. The van der Waals surface area contributed by atoms with Gasteiger partial charge in [-0.1, -0.05) is 36.4 Å². The minimum Gasteiger partial charge on any atom is -0.379 e. The Hall–Kier alpha value is -2.42. The minimum absolute atomic E-state index is 0.0822. The van der Waals surface area contributed by atoms with Crippen molar-refractivity contribution in [2.45, 2.75) is 32.9 Å². The fraction of sp³-hybridized carbons (Fsp3) is 0.458. The largest absolute Gasteiger partial charge is 0.379 e. The molecule has 3 rings (SSSR count). The number of hydrogen-bond donors (Lipinski definition) is 1. The van der Waals surface area contributed by atoms with Crippen LogP contribution in [0.3, 0.4) is 0 Å². The van der Waals surface area contributed by atoms with E-state index in [9.17, 15) is 13.2 Å². The van der Waals surface area contributed by atoms with Gasteiger partial charge in [-0.2, -0.15) is 0 Å². The Morgan fingerprint density at radius 1 is 1.09 bits per heavy atom. The van der Waals surface area contributed by atoms with Gasteiger partial charge in [0, 0.05) is 39.1 Å². The van der Waals surface area contributed by atoms with E-state index in [2.05, 4.69) is 22.3 Å². The quantitative estimate of drug-likeness (QED) is 0.591. The van der Waals surface area contributed by atoms with Gasteiger partial charge in [0.2, 0.25) is 15.9 Å². The van der Waals surface area contributed by atoms with Gasteiger partial charge < -0.3 is 10.1 Å². The van der Waals surface area contributed by atoms with Crippen molar-refractivity contribution < 1.29 is 17.9 Å². The maximum Gasteiger partial charge on any atom is 0.232 e. The Morgan fingerprint density at radius 3 is 2.53 bits per heavy atom. The lowest BCUT2D eigenvalue weighted by molar-refractivity contribution is -0.121. The fourth-order valence-electron chi connectivity index (χ4n) is 3.80. The number of carbonyl (C=O) groups is 1. The lowest BCUT2D eigenvalue weighted by Crippen LogP contribution is -2.35. The van der Waals surface area contributed by atoms with Crippen LogP contribution in [0.25, 0.3) is 0 Å². The molecule has 1 aliphatic rings. The van der Waals surface area contributed by atoms with Crippen molar-refractivity contribution >= 4 is 21.6 Å². The molecule has 0 aliphatic carbocycles. The Morgan fingerprint density at radius 2 is 1.81 bits per heavy atom. The van der Waals surface area contributed by atoms with Crippen molar-refractivity contribution in [1.82, 2.24) is 10.2 Å². The summed E-state index contributed by atoms with van der Waals surface area (Å²) in [4.78, 5) is 14.7. The van der Waals surface area contributed by atoms with Crippen LogP contribution in [0.5, 0.6) is 0 Å². The van der Waals surface area contributed by atoms with Crippen LogP contribution in [0.4, 0.5) is 5.69 Å². The van der Waals surface area contributed by atoms with Crippen LogP contribution in [0, 0.1) is 6.92 Å². The molecule has 32 heavy (non-hydrogen) atoms. The summed E-state index contributed by atoms with van der Waals surface area (Å²) in [6.45, 7) is 6.96. The van der Waals surface area contributed by atoms with Gasteiger partial charge in [-0.3, -0.25) is 14.0 Å². The normalized spacial score (nSPS) is 14.8. The molecule has 0 bridgehead atoms. The van der Waals surface area contributed by atoms with Crippen molar-refractivity contribution in [3.63, 3.8) is 0 Å². The summed E-state index contributed by atoms with van der Waals surface area (Å²) < 4.78 is 31.2. The third-order valence-electron chi connectivity index (χ3n) is 5.45. The number of hydrogen-bond acceptors (Lipinski definition) is 5. The molecule has 1 fully saturated rings. The number of carbonyl (C=O) groups excluding carboxylic acids is 1. The van der Waals surface area contributed by atoms with E-state index in [1.807, 2.05) is 37.3 Å². The average Bonchev–Trinajstić information content (AvgIpc) is 2.75. The van der Waals surface area contributed by atoms with E-state index in [1.165, 1.54) is 16.1 Å². The second-order valence-corrected chi connectivity index (χ2v) is 10.2.